The molecule has 3 N–H and O–H groups in total. The summed E-state index contributed by atoms with van der Waals surface area (Å²) in [4.78, 5) is 29.7. The average molecular weight is 465 g/mol. The molecule has 2 heterocycles. The van der Waals surface area contributed by atoms with E-state index in [2.05, 4.69) is 10.2 Å². The van der Waals surface area contributed by atoms with Crippen LogP contribution in [0, 0.1) is 0 Å². The van der Waals surface area contributed by atoms with E-state index in [-0.39, 0.29) is 17.2 Å². The number of aromatic nitrogens is 1. The molecular weight excluding hydrogens is 436 g/mol. The van der Waals surface area contributed by atoms with Gasteiger partial charge < -0.3 is 34.6 Å². The Balaban J connectivity index is 1.41. The minimum atomic E-state index is -1.11. The zero-order valence-corrected chi connectivity index (χ0v) is 18.9. The van der Waals surface area contributed by atoms with Crippen LogP contribution in [0.5, 0.6) is 11.5 Å². The lowest BCUT2D eigenvalue weighted by Crippen LogP contribution is -2.56. The van der Waals surface area contributed by atoms with Crippen LogP contribution in [-0.2, 0) is 4.79 Å². The number of rotatable bonds is 7. The molecule has 1 aromatic heterocycles. The van der Waals surface area contributed by atoms with E-state index in [4.69, 9.17) is 4.74 Å². The Bertz CT molecular complexity index is 1140. The number of aliphatic hydroxyl groups excluding tert-OH is 1. The van der Waals surface area contributed by atoms with Crippen molar-refractivity contribution >= 4 is 17.5 Å². The molecule has 0 saturated carbocycles. The number of anilines is 1. The fourth-order valence-corrected chi connectivity index (χ4v) is 4.07. The third kappa shape index (κ3) is 4.84. The molecule has 1 unspecified atom stereocenters. The molecular formula is C25H28N4O5. The number of aromatic hydroxyl groups is 1. The first-order valence-corrected chi connectivity index (χ1v) is 11.1. The van der Waals surface area contributed by atoms with Gasteiger partial charge in [-0.2, -0.15) is 0 Å². The van der Waals surface area contributed by atoms with Crippen molar-refractivity contribution in [2.45, 2.75) is 6.04 Å². The van der Waals surface area contributed by atoms with Gasteiger partial charge in [0, 0.05) is 44.3 Å². The first kappa shape index (κ1) is 23.2. The molecule has 2 aromatic carbocycles. The second-order valence-corrected chi connectivity index (χ2v) is 7.98. The van der Waals surface area contributed by atoms with Crippen LogP contribution in [0.2, 0.25) is 0 Å². The van der Waals surface area contributed by atoms with Crippen LogP contribution in [0.1, 0.15) is 10.4 Å². The maximum atomic E-state index is 13.0. The molecule has 2 amide bonds. The Morgan fingerprint density at radius 3 is 2.41 bits per heavy atom. The third-order valence-corrected chi connectivity index (χ3v) is 5.93. The molecule has 0 bridgehead atoms. The quantitative estimate of drug-likeness (QED) is 0.491. The van der Waals surface area contributed by atoms with Gasteiger partial charge in [0.2, 0.25) is 5.91 Å². The maximum absolute atomic E-state index is 13.0. The van der Waals surface area contributed by atoms with Crippen LogP contribution >= 0.6 is 0 Å². The normalized spacial score (nSPS) is 14.5. The van der Waals surface area contributed by atoms with Crippen molar-refractivity contribution in [3.05, 3.63) is 72.6 Å². The Morgan fingerprint density at radius 2 is 1.74 bits per heavy atom. The standard InChI is InChI=1S/C25H28N4O5/c1-34-23-7-3-2-6-21(23)28-12-14-29(15-13-28)25(33)20(17-30)26-24(32)19-16-18(8-9-22(19)31)27-10-4-5-11-27/h2-11,16,20,30-31H,12-15,17H2,1H3,(H,26,32). The molecule has 3 aromatic rings. The van der Waals surface area contributed by atoms with Gasteiger partial charge in [-0.05, 0) is 42.5 Å². The van der Waals surface area contributed by atoms with Crippen molar-refractivity contribution in [1.29, 1.82) is 0 Å². The van der Waals surface area contributed by atoms with E-state index in [0.29, 0.717) is 31.9 Å². The highest BCUT2D eigenvalue weighted by Gasteiger charge is 2.29. The largest absolute Gasteiger partial charge is 0.507 e. The van der Waals surface area contributed by atoms with Gasteiger partial charge in [0.1, 0.15) is 17.5 Å². The number of piperazine rings is 1. The number of methoxy groups -OCH3 is 1. The summed E-state index contributed by atoms with van der Waals surface area (Å²) in [5.41, 5.74) is 1.67. The number of nitrogens with one attached hydrogen (secondary N) is 1. The molecule has 1 fully saturated rings. The predicted molar refractivity (Wildman–Crippen MR) is 128 cm³/mol. The van der Waals surface area contributed by atoms with Crippen LogP contribution in [0.25, 0.3) is 5.69 Å². The SMILES string of the molecule is COc1ccccc1N1CCN(C(=O)C(CO)NC(=O)c2cc(-n3cccc3)ccc2O)CC1. The number of carbonyl (C=O) groups excluding carboxylic acids is 2. The number of nitrogens with zero attached hydrogens (tertiary/aromatic N) is 3. The molecule has 0 radical (unpaired) electrons. The number of para-hydroxylation sites is 2. The van der Waals surface area contributed by atoms with Crippen molar-refractivity contribution < 1.29 is 24.5 Å². The molecule has 178 valence electrons. The maximum Gasteiger partial charge on any atom is 0.255 e. The van der Waals surface area contributed by atoms with E-state index < -0.39 is 18.6 Å². The number of phenolic OH excluding ortho intramolecular Hbond substituents is 1. The minimum Gasteiger partial charge on any atom is -0.507 e. The molecule has 4 rings (SSSR count). The van der Waals surface area contributed by atoms with E-state index in [1.807, 2.05) is 48.8 Å². The Morgan fingerprint density at radius 1 is 1.03 bits per heavy atom. The Hall–Kier alpha value is -3.98. The van der Waals surface area contributed by atoms with Gasteiger partial charge in [-0.3, -0.25) is 9.59 Å². The van der Waals surface area contributed by atoms with Gasteiger partial charge in [0.25, 0.3) is 5.91 Å². The molecule has 9 heteroatoms. The lowest BCUT2D eigenvalue weighted by Gasteiger charge is -2.37. The number of ether oxygens (including phenoxy) is 1. The summed E-state index contributed by atoms with van der Waals surface area (Å²) in [6.45, 7) is 1.53. The number of carbonyl (C=O) groups is 2. The summed E-state index contributed by atoms with van der Waals surface area (Å²) in [6.07, 6.45) is 3.64. The lowest BCUT2D eigenvalue weighted by atomic mass is 10.1. The Kier molecular flexibility index (Phi) is 7.03. The first-order valence-electron chi connectivity index (χ1n) is 11.1. The predicted octanol–water partition coefficient (Wildman–Crippen LogP) is 1.63. The number of benzene rings is 2. The lowest BCUT2D eigenvalue weighted by molar-refractivity contribution is -0.134. The van der Waals surface area contributed by atoms with Crippen LogP contribution in [0.4, 0.5) is 5.69 Å². The zero-order chi connectivity index (χ0) is 24.1. The van der Waals surface area contributed by atoms with Crippen molar-refractivity contribution in [1.82, 2.24) is 14.8 Å². The van der Waals surface area contributed by atoms with Crippen molar-refractivity contribution in [2.75, 3.05) is 44.8 Å². The zero-order valence-electron chi connectivity index (χ0n) is 18.9. The summed E-state index contributed by atoms with van der Waals surface area (Å²) >= 11 is 0. The van der Waals surface area contributed by atoms with Crippen molar-refractivity contribution in [3.8, 4) is 17.2 Å². The van der Waals surface area contributed by atoms with Gasteiger partial charge in [-0.1, -0.05) is 12.1 Å². The topological polar surface area (TPSA) is 107 Å². The highest BCUT2D eigenvalue weighted by molar-refractivity contribution is 6.00. The summed E-state index contributed by atoms with van der Waals surface area (Å²) in [5, 5.41) is 22.6. The van der Waals surface area contributed by atoms with Gasteiger partial charge in [0.15, 0.2) is 0 Å². The van der Waals surface area contributed by atoms with E-state index in [1.165, 1.54) is 12.1 Å². The number of hydrogen-bond acceptors (Lipinski definition) is 6. The molecule has 1 saturated heterocycles. The summed E-state index contributed by atoms with van der Waals surface area (Å²) in [5.74, 6) is -0.434. The Labute approximate surface area is 197 Å². The van der Waals surface area contributed by atoms with Crippen LogP contribution in [0.3, 0.4) is 0 Å². The summed E-state index contributed by atoms with van der Waals surface area (Å²) in [7, 11) is 1.62. The summed E-state index contributed by atoms with van der Waals surface area (Å²) < 4.78 is 7.23. The molecule has 1 aliphatic rings. The van der Waals surface area contributed by atoms with Gasteiger partial charge in [-0.15, -0.1) is 0 Å². The van der Waals surface area contributed by atoms with Gasteiger partial charge in [0.05, 0.1) is 25.0 Å². The monoisotopic (exact) mass is 464 g/mol. The van der Waals surface area contributed by atoms with Crippen molar-refractivity contribution in [2.24, 2.45) is 0 Å². The fourth-order valence-electron chi connectivity index (χ4n) is 4.07. The third-order valence-electron chi connectivity index (χ3n) is 5.93. The highest BCUT2D eigenvalue weighted by atomic mass is 16.5. The molecule has 0 spiro atoms. The van der Waals surface area contributed by atoms with Gasteiger partial charge in [-0.25, -0.2) is 0 Å². The number of hydrogen-bond donors (Lipinski definition) is 3. The van der Waals surface area contributed by atoms with E-state index >= 15 is 0 Å². The highest BCUT2D eigenvalue weighted by Crippen LogP contribution is 2.28. The molecule has 34 heavy (non-hydrogen) atoms. The van der Waals surface area contributed by atoms with Crippen LogP contribution in [-0.4, -0.2) is 77.4 Å². The van der Waals surface area contributed by atoms with E-state index in [0.717, 1.165) is 11.4 Å². The molecule has 0 aliphatic carbocycles. The molecule has 1 aliphatic heterocycles. The fraction of sp³-hybridized carbons (Fsp3) is 0.280. The molecule has 9 nitrogen and oxygen atoms in total. The second kappa shape index (κ2) is 10.3. The van der Waals surface area contributed by atoms with E-state index in [9.17, 15) is 19.8 Å². The van der Waals surface area contributed by atoms with Crippen LogP contribution < -0.4 is 15.0 Å². The minimum absolute atomic E-state index is 0.0263. The number of aliphatic hydroxyl groups is 1. The second-order valence-electron chi connectivity index (χ2n) is 7.98. The number of amides is 2. The van der Waals surface area contributed by atoms with Crippen molar-refractivity contribution in [3.63, 3.8) is 0 Å². The first-order chi connectivity index (χ1) is 16.5. The smallest absolute Gasteiger partial charge is 0.255 e. The average Bonchev–Trinajstić information content (AvgIpc) is 3.42. The van der Waals surface area contributed by atoms with E-state index in [1.54, 1.807) is 22.6 Å². The van der Waals surface area contributed by atoms with Crippen LogP contribution in [0.15, 0.2) is 67.0 Å². The van der Waals surface area contributed by atoms with Gasteiger partial charge >= 0.3 is 0 Å². The number of phenols is 1. The summed E-state index contributed by atoms with van der Waals surface area (Å²) in [6, 6.07) is 14.9. The molecule has 1 atom stereocenters.